The van der Waals surface area contributed by atoms with Crippen LogP contribution in [0.2, 0.25) is 0 Å². The Hall–Kier alpha value is -2.78. The predicted octanol–water partition coefficient (Wildman–Crippen LogP) is 3.39. The van der Waals surface area contributed by atoms with Gasteiger partial charge in [0.2, 0.25) is 11.0 Å². The number of hydrogen-bond acceptors (Lipinski definition) is 8. The summed E-state index contributed by atoms with van der Waals surface area (Å²) < 4.78 is 5.44. The molecule has 27 heavy (non-hydrogen) atoms. The minimum atomic E-state index is -0.318. The number of rotatable bonds is 7. The van der Waals surface area contributed by atoms with Gasteiger partial charge in [0.15, 0.2) is 4.34 Å². The Kier molecular flexibility index (Phi) is 6.50. The van der Waals surface area contributed by atoms with Crippen molar-refractivity contribution in [1.29, 1.82) is 0 Å². The van der Waals surface area contributed by atoms with Crippen molar-refractivity contribution in [1.82, 2.24) is 15.2 Å². The molecule has 9 heteroatoms. The lowest BCUT2D eigenvalue weighted by molar-refractivity contribution is -0.139. The highest BCUT2D eigenvalue weighted by molar-refractivity contribution is 8.01. The van der Waals surface area contributed by atoms with Crippen molar-refractivity contribution in [2.24, 2.45) is 0 Å². The van der Waals surface area contributed by atoms with Crippen LogP contribution in [0, 0.1) is 0 Å². The monoisotopic (exact) mass is 400 g/mol. The molecular weight excluding hydrogens is 384 g/mol. The molecule has 0 spiro atoms. The van der Waals surface area contributed by atoms with Crippen LogP contribution < -0.4 is 5.32 Å². The fourth-order valence-electron chi connectivity index (χ4n) is 2.22. The first-order valence-electron chi connectivity index (χ1n) is 8.10. The van der Waals surface area contributed by atoms with Crippen LogP contribution in [0.5, 0.6) is 0 Å². The van der Waals surface area contributed by atoms with E-state index in [1.807, 2.05) is 30.3 Å². The maximum Gasteiger partial charge on any atom is 0.316 e. The number of para-hydroxylation sites is 1. The van der Waals surface area contributed by atoms with Crippen molar-refractivity contribution in [3.05, 3.63) is 48.2 Å². The molecule has 138 valence electrons. The third-order valence-electron chi connectivity index (χ3n) is 3.33. The van der Waals surface area contributed by atoms with Crippen molar-refractivity contribution in [3.8, 4) is 0 Å². The fraction of sp³-hybridized carbons (Fsp3) is 0.167. The van der Waals surface area contributed by atoms with Crippen LogP contribution in [-0.2, 0) is 14.3 Å². The topological polar surface area (TPSA) is 94.1 Å². The molecule has 0 radical (unpaired) electrons. The lowest BCUT2D eigenvalue weighted by atomic mass is 10.1. The molecule has 2 heterocycles. The number of carbonyl (C=O) groups is 2. The number of anilines is 1. The molecule has 7 nitrogen and oxygen atoms in total. The summed E-state index contributed by atoms with van der Waals surface area (Å²) in [5, 5.41) is 11.9. The van der Waals surface area contributed by atoms with E-state index < -0.39 is 0 Å². The van der Waals surface area contributed by atoms with Crippen molar-refractivity contribution in [2.75, 3.05) is 17.7 Å². The summed E-state index contributed by atoms with van der Waals surface area (Å²) in [7, 11) is 0. The smallest absolute Gasteiger partial charge is 0.316 e. The highest BCUT2D eigenvalue weighted by atomic mass is 32.2. The maximum absolute atomic E-state index is 12.1. The summed E-state index contributed by atoms with van der Waals surface area (Å²) >= 11 is 2.42. The van der Waals surface area contributed by atoms with E-state index in [1.165, 1.54) is 29.2 Å². The van der Waals surface area contributed by atoms with E-state index in [2.05, 4.69) is 20.5 Å². The van der Waals surface area contributed by atoms with Gasteiger partial charge >= 0.3 is 5.97 Å². The zero-order valence-electron chi connectivity index (χ0n) is 14.4. The molecule has 3 aromatic rings. The Morgan fingerprint density at radius 1 is 1.26 bits per heavy atom. The minimum absolute atomic E-state index is 0.157. The molecule has 0 saturated heterocycles. The highest BCUT2D eigenvalue weighted by Crippen LogP contribution is 2.25. The molecule has 0 saturated carbocycles. The largest absolute Gasteiger partial charge is 0.465 e. The summed E-state index contributed by atoms with van der Waals surface area (Å²) in [5.41, 5.74) is 1.68. The Morgan fingerprint density at radius 3 is 2.96 bits per heavy atom. The van der Waals surface area contributed by atoms with Crippen LogP contribution >= 0.6 is 23.1 Å². The third kappa shape index (κ3) is 5.35. The van der Waals surface area contributed by atoms with Gasteiger partial charge < -0.3 is 4.74 Å². The molecule has 0 atom stereocenters. The second-order valence-electron chi connectivity index (χ2n) is 5.21. The lowest BCUT2D eigenvalue weighted by Crippen LogP contribution is -2.07. The van der Waals surface area contributed by atoms with E-state index >= 15 is 0 Å². The van der Waals surface area contributed by atoms with Gasteiger partial charge in [0, 0.05) is 23.2 Å². The zero-order valence-corrected chi connectivity index (χ0v) is 16.0. The highest BCUT2D eigenvalue weighted by Gasteiger charge is 2.10. The van der Waals surface area contributed by atoms with Gasteiger partial charge in [-0.3, -0.25) is 19.9 Å². The van der Waals surface area contributed by atoms with Gasteiger partial charge in [-0.15, -0.1) is 10.2 Å². The molecule has 0 aliphatic rings. The average Bonchev–Trinajstić information content (AvgIpc) is 3.12. The number of amides is 1. The molecule has 0 fully saturated rings. The van der Waals surface area contributed by atoms with E-state index in [-0.39, 0.29) is 17.6 Å². The molecule has 1 aromatic carbocycles. The SMILES string of the molecule is CCOC(=O)CSc1nnc(NC(=O)/C=C/c2cccc3cccnc23)s1. The number of benzene rings is 1. The number of nitrogens with zero attached hydrogens (tertiary/aromatic N) is 3. The molecular formula is C18H16N4O3S2. The first-order valence-corrected chi connectivity index (χ1v) is 9.90. The first-order chi connectivity index (χ1) is 13.2. The van der Waals surface area contributed by atoms with Crippen molar-refractivity contribution in [2.45, 2.75) is 11.3 Å². The first kappa shape index (κ1) is 19.0. The van der Waals surface area contributed by atoms with Crippen LogP contribution in [0.1, 0.15) is 12.5 Å². The summed E-state index contributed by atoms with van der Waals surface area (Å²) in [5.74, 6) is -0.472. The number of ether oxygens (including phenoxy) is 1. The normalized spacial score (nSPS) is 11.0. The number of esters is 1. The van der Waals surface area contributed by atoms with Crippen LogP contribution in [0.15, 0.2) is 46.9 Å². The number of hydrogen-bond donors (Lipinski definition) is 1. The number of thioether (sulfide) groups is 1. The number of nitrogens with one attached hydrogen (secondary N) is 1. The van der Waals surface area contributed by atoms with E-state index in [0.717, 1.165) is 16.5 Å². The summed E-state index contributed by atoms with van der Waals surface area (Å²) in [6.07, 6.45) is 4.86. The van der Waals surface area contributed by atoms with Gasteiger partial charge in [0.25, 0.3) is 0 Å². The zero-order chi connectivity index (χ0) is 19.1. The molecule has 0 aliphatic carbocycles. The quantitative estimate of drug-likeness (QED) is 0.281. The average molecular weight is 400 g/mol. The van der Waals surface area contributed by atoms with E-state index in [1.54, 1.807) is 19.2 Å². The van der Waals surface area contributed by atoms with Crippen LogP contribution in [0.4, 0.5) is 5.13 Å². The molecule has 0 unspecified atom stereocenters. The number of pyridine rings is 1. The lowest BCUT2D eigenvalue weighted by Gasteiger charge is -2.00. The molecule has 0 bridgehead atoms. The summed E-state index contributed by atoms with van der Waals surface area (Å²) in [4.78, 5) is 27.8. The molecule has 3 rings (SSSR count). The minimum Gasteiger partial charge on any atom is -0.465 e. The molecule has 1 N–H and O–H groups in total. The molecule has 2 aromatic heterocycles. The molecule has 0 aliphatic heterocycles. The van der Waals surface area contributed by atoms with Crippen molar-refractivity contribution >= 4 is 57.1 Å². The Balaban J connectivity index is 1.59. The number of fused-ring (bicyclic) bond motifs is 1. The van der Waals surface area contributed by atoms with Gasteiger partial charge in [-0.2, -0.15) is 0 Å². The second kappa shape index (κ2) is 9.24. The number of aromatic nitrogens is 3. The van der Waals surface area contributed by atoms with Crippen molar-refractivity contribution in [3.63, 3.8) is 0 Å². The van der Waals surface area contributed by atoms with Gasteiger partial charge in [-0.1, -0.05) is 47.4 Å². The summed E-state index contributed by atoms with van der Waals surface area (Å²) in [6, 6.07) is 9.62. The van der Waals surface area contributed by atoms with Gasteiger partial charge in [0.05, 0.1) is 17.9 Å². The van der Waals surface area contributed by atoms with Gasteiger partial charge in [0.1, 0.15) is 0 Å². The second-order valence-corrected chi connectivity index (χ2v) is 7.41. The van der Waals surface area contributed by atoms with Gasteiger partial charge in [-0.05, 0) is 19.1 Å². The van der Waals surface area contributed by atoms with E-state index in [4.69, 9.17) is 4.74 Å². The van der Waals surface area contributed by atoms with E-state index in [9.17, 15) is 9.59 Å². The Labute approximate surface area is 163 Å². The van der Waals surface area contributed by atoms with Crippen LogP contribution in [0.25, 0.3) is 17.0 Å². The fourth-order valence-corrected chi connectivity index (χ4v) is 3.77. The number of carbonyl (C=O) groups excluding carboxylic acids is 2. The maximum atomic E-state index is 12.1. The van der Waals surface area contributed by atoms with E-state index in [0.29, 0.717) is 16.1 Å². The van der Waals surface area contributed by atoms with Crippen LogP contribution in [-0.4, -0.2) is 39.4 Å². The summed E-state index contributed by atoms with van der Waals surface area (Å²) in [6.45, 7) is 2.10. The van der Waals surface area contributed by atoms with Crippen LogP contribution in [0.3, 0.4) is 0 Å². The predicted molar refractivity (Wildman–Crippen MR) is 107 cm³/mol. The Morgan fingerprint density at radius 2 is 2.11 bits per heavy atom. The van der Waals surface area contributed by atoms with Crippen molar-refractivity contribution < 1.29 is 14.3 Å². The van der Waals surface area contributed by atoms with Gasteiger partial charge in [-0.25, -0.2) is 0 Å². The third-order valence-corrected chi connectivity index (χ3v) is 5.28. The Bertz CT molecular complexity index is 982. The molecule has 1 amide bonds. The standard InChI is InChI=1S/C18H16N4O3S2/c1-2-25-15(24)11-26-18-22-21-17(27-18)20-14(23)9-8-13-6-3-5-12-7-4-10-19-16(12)13/h3-10H,2,11H2,1H3,(H,20,21,23)/b9-8+.